The van der Waals surface area contributed by atoms with E-state index in [9.17, 15) is 9.59 Å². The second-order valence-electron chi connectivity index (χ2n) is 6.47. The maximum absolute atomic E-state index is 12.4. The zero-order valence-electron chi connectivity index (χ0n) is 17.4. The second-order valence-corrected chi connectivity index (χ2v) is 6.47. The number of ketones is 1. The van der Waals surface area contributed by atoms with Crippen molar-refractivity contribution in [3.63, 3.8) is 0 Å². The minimum absolute atomic E-state index is 0.255. The predicted octanol–water partition coefficient (Wildman–Crippen LogP) is 4.14. The van der Waals surface area contributed by atoms with Crippen LogP contribution in [0, 0.1) is 13.8 Å². The zero-order valence-corrected chi connectivity index (χ0v) is 17.4. The fraction of sp³-hybridized carbons (Fsp3) is 0.304. The molecular weight excluding hydrogens is 370 g/mol. The van der Waals surface area contributed by atoms with E-state index >= 15 is 0 Å². The van der Waals surface area contributed by atoms with E-state index in [1.807, 2.05) is 49.6 Å². The number of hydrogen-bond acceptors (Lipinski definition) is 5. The molecule has 0 atom stereocenters. The van der Waals surface area contributed by atoms with Crippen LogP contribution in [0.5, 0.6) is 11.5 Å². The lowest BCUT2D eigenvalue weighted by Crippen LogP contribution is -2.20. The van der Waals surface area contributed by atoms with E-state index in [0.717, 1.165) is 17.0 Å². The number of Topliss-reactive ketones (excluding diaryl/α,β-unsaturated/α-hetero) is 1. The van der Waals surface area contributed by atoms with Crippen LogP contribution >= 0.6 is 0 Å². The van der Waals surface area contributed by atoms with Gasteiger partial charge in [0.2, 0.25) is 5.78 Å². The Hall–Kier alpha value is -3.28. The van der Waals surface area contributed by atoms with Gasteiger partial charge in [0, 0.05) is 23.5 Å². The van der Waals surface area contributed by atoms with E-state index in [1.165, 1.54) is 7.11 Å². The number of allylic oxidation sites excluding steroid dienone is 2. The number of nitrogens with zero attached hydrogens (tertiary/aromatic N) is 1. The molecule has 0 unspecified atom stereocenters. The van der Waals surface area contributed by atoms with Gasteiger partial charge in [-0.25, -0.2) is 4.79 Å². The molecule has 154 valence electrons. The number of rotatable bonds is 10. The average Bonchev–Trinajstić information content (AvgIpc) is 2.99. The summed E-state index contributed by atoms with van der Waals surface area (Å²) in [5.74, 6) is 0.0593. The Kier molecular flexibility index (Phi) is 7.83. The Balaban J connectivity index is 1.93. The third kappa shape index (κ3) is 5.60. The Morgan fingerprint density at radius 1 is 1.14 bits per heavy atom. The highest BCUT2D eigenvalue weighted by Gasteiger charge is 2.17. The largest absolute Gasteiger partial charge is 0.493 e. The summed E-state index contributed by atoms with van der Waals surface area (Å²) in [5, 5.41) is 0. The molecule has 0 aliphatic heterocycles. The summed E-state index contributed by atoms with van der Waals surface area (Å²) < 4.78 is 17.8. The summed E-state index contributed by atoms with van der Waals surface area (Å²) in [6.45, 7) is 9.39. The molecule has 0 saturated carbocycles. The number of esters is 1. The van der Waals surface area contributed by atoms with Crippen molar-refractivity contribution in [2.45, 2.75) is 27.3 Å². The molecule has 2 rings (SSSR count). The third-order valence-electron chi connectivity index (χ3n) is 4.44. The highest BCUT2D eigenvalue weighted by molar-refractivity contribution is 5.99. The van der Waals surface area contributed by atoms with E-state index in [-0.39, 0.29) is 19.0 Å². The van der Waals surface area contributed by atoms with E-state index in [2.05, 4.69) is 6.58 Å². The smallest absolute Gasteiger partial charge is 0.344 e. The van der Waals surface area contributed by atoms with Crippen molar-refractivity contribution in [2.75, 3.05) is 20.3 Å². The van der Waals surface area contributed by atoms with Crippen LogP contribution in [0.4, 0.5) is 0 Å². The van der Waals surface area contributed by atoms with Crippen molar-refractivity contribution in [3.05, 3.63) is 65.5 Å². The quantitative estimate of drug-likeness (QED) is 0.342. The number of aromatic nitrogens is 1. The lowest BCUT2D eigenvalue weighted by Gasteiger charge is -2.11. The maximum atomic E-state index is 12.4. The van der Waals surface area contributed by atoms with Gasteiger partial charge in [-0.2, -0.15) is 0 Å². The van der Waals surface area contributed by atoms with E-state index in [4.69, 9.17) is 14.2 Å². The van der Waals surface area contributed by atoms with Gasteiger partial charge in [0.1, 0.15) is 0 Å². The molecule has 0 aliphatic carbocycles. The molecule has 0 fully saturated rings. The molecule has 1 heterocycles. The average molecular weight is 397 g/mol. The first kappa shape index (κ1) is 22.0. The number of aryl methyl sites for hydroxylation is 1. The molecule has 1 aromatic carbocycles. The summed E-state index contributed by atoms with van der Waals surface area (Å²) in [4.78, 5) is 24.4. The molecule has 0 N–H and O–H groups in total. The standard InChI is InChI=1S/C23H27NO5/c1-6-8-18-9-10-21(22(13-18)27-5)28-15-23(26)29-14-20(25)19-12-16(3)24(11-7-2)17(19)4/h6-10,12-13H,2,11,14-15H2,1,3-5H3/b8-6+. The summed E-state index contributed by atoms with van der Waals surface area (Å²) in [7, 11) is 1.53. The Morgan fingerprint density at radius 3 is 2.55 bits per heavy atom. The van der Waals surface area contributed by atoms with Crippen LogP contribution in [-0.2, 0) is 16.1 Å². The lowest BCUT2D eigenvalue weighted by molar-refractivity contribution is -0.144. The molecule has 29 heavy (non-hydrogen) atoms. The fourth-order valence-corrected chi connectivity index (χ4v) is 3.00. The number of carbonyl (C=O) groups is 2. The summed E-state index contributed by atoms with van der Waals surface area (Å²) >= 11 is 0. The van der Waals surface area contributed by atoms with Gasteiger partial charge in [-0.1, -0.05) is 24.3 Å². The van der Waals surface area contributed by atoms with E-state index < -0.39 is 5.97 Å². The first-order chi connectivity index (χ1) is 13.9. The number of benzene rings is 1. The first-order valence-corrected chi connectivity index (χ1v) is 9.31. The molecule has 0 amide bonds. The van der Waals surface area contributed by atoms with Gasteiger partial charge in [-0.05, 0) is 44.5 Å². The van der Waals surface area contributed by atoms with Crippen molar-refractivity contribution in [1.29, 1.82) is 0 Å². The van der Waals surface area contributed by atoms with Crippen LogP contribution in [-0.4, -0.2) is 36.6 Å². The molecular formula is C23H27NO5. The van der Waals surface area contributed by atoms with Crippen molar-refractivity contribution in [1.82, 2.24) is 4.57 Å². The highest BCUT2D eigenvalue weighted by Crippen LogP contribution is 2.28. The second kappa shape index (κ2) is 10.3. The Labute approximate surface area is 171 Å². The zero-order chi connectivity index (χ0) is 21.4. The van der Waals surface area contributed by atoms with Crippen LogP contribution in [0.2, 0.25) is 0 Å². The third-order valence-corrected chi connectivity index (χ3v) is 4.44. The number of hydrogen-bond donors (Lipinski definition) is 0. The molecule has 0 saturated heterocycles. The summed E-state index contributed by atoms with van der Waals surface area (Å²) in [6.07, 6.45) is 5.61. The van der Waals surface area contributed by atoms with Gasteiger partial charge in [0.05, 0.1) is 7.11 Å². The van der Waals surface area contributed by atoms with Crippen LogP contribution in [0.1, 0.15) is 34.2 Å². The van der Waals surface area contributed by atoms with Gasteiger partial charge in [0.15, 0.2) is 24.7 Å². The van der Waals surface area contributed by atoms with Crippen LogP contribution in [0.15, 0.2) is 43.0 Å². The molecule has 2 aromatic rings. The number of methoxy groups -OCH3 is 1. The molecule has 0 bridgehead atoms. The minimum Gasteiger partial charge on any atom is -0.493 e. The highest BCUT2D eigenvalue weighted by atomic mass is 16.6. The van der Waals surface area contributed by atoms with Crippen molar-refractivity contribution < 1.29 is 23.8 Å². The first-order valence-electron chi connectivity index (χ1n) is 9.31. The number of carbonyl (C=O) groups excluding carboxylic acids is 2. The van der Waals surface area contributed by atoms with Crippen LogP contribution < -0.4 is 9.47 Å². The topological polar surface area (TPSA) is 66.8 Å². The predicted molar refractivity (Wildman–Crippen MR) is 113 cm³/mol. The Bertz CT molecular complexity index is 924. The van der Waals surface area contributed by atoms with Crippen LogP contribution in [0.25, 0.3) is 6.08 Å². The maximum Gasteiger partial charge on any atom is 0.344 e. The molecule has 6 heteroatoms. The molecule has 0 spiro atoms. The minimum atomic E-state index is -0.627. The SMILES string of the molecule is C=CCn1c(C)cc(C(=O)COC(=O)COc2ccc(/C=C/C)cc2OC)c1C. The van der Waals surface area contributed by atoms with Crippen molar-refractivity contribution >= 4 is 17.8 Å². The molecule has 6 nitrogen and oxygen atoms in total. The summed E-state index contributed by atoms with van der Waals surface area (Å²) in [5.41, 5.74) is 3.28. The van der Waals surface area contributed by atoms with Gasteiger partial charge >= 0.3 is 5.97 Å². The van der Waals surface area contributed by atoms with Crippen molar-refractivity contribution in [3.8, 4) is 11.5 Å². The van der Waals surface area contributed by atoms with Gasteiger partial charge in [-0.15, -0.1) is 6.58 Å². The monoisotopic (exact) mass is 397 g/mol. The lowest BCUT2D eigenvalue weighted by atomic mass is 10.1. The normalized spacial score (nSPS) is 10.8. The fourth-order valence-electron chi connectivity index (χ4n) is 3.00. The van der Waals surface area contributed by atoms with Gasteiger partial charge in [-0.3, -0.25) is 4.79 Å². The van der Waals surface area contributed by atoms with E-state index in [1.54, 1.807) is 18.2 Å². The number of ether oxygens (including phenoxy) is 3. The molecule has 0 radical (unpaired) electrons. The van der Waals surface area contributed by atoms with Crippen LogP contribution in [0.3, 0.4) is 0 Å². The summed E-state index contributed by atoms with van der Waals surface area (Å²) in [6, 6.07) is 7.18. The van der Waals surface area contributed by atoms with Gasteiger partial charge in [0.25, 0.3) is 0 Å². The van der Waals surface area contributed by atoms with Crippen molar-refractivity contribution in [2.24, 2.45) is 0 Å². The molecule has 1 aromatic heterocycles. The Morgan fingerprint density at radius 2 is 1.90 bits per heavy atom. The van der Waals surface area contributed by atoms with Gasteiger partial charge < -0.3 is 18.8 Å². The van der Waals surface area contributed by atoms with E-state index in [0.29, 0.717) is 23.6 Å². The molecule has 0 aliphatic rings.